The summed E-state index contributed by atoms with van der Waals surface area (Å²) < 4.78 is 23.2. The van der Waals surface area contributed by atoms with Crippen molar-refractivity contribution in [1.82, 2.24) is 10.9 Å². The minimum absolute atomic E-state index is 0.0111. The zero-order valence-corrected chi connectivity index (χ0v) is 14.0. The smallest absolute Gasteiger partial charge is 0.242 e. The van der Waals surface area contributed by atoms with Gasteiger partial charge in [0.1, 0.15) is 17.3 Å². The Bertz CT molecular complexity index is 747. The molecule has 0 bridgehead atoms. The fraction of sp³-hybridized carbons (Fsp3) is 0.222. The van der Waals surface area contributed by atoms with Gasteiger partial charge in [-0.15, -0.1) is 0 Å². The van der Waals surface area contributed by atoms with E-state index in [9.17, 15) is 14.0 Å². The minimum atomic E-state index is -0.405. The van der Waals surface area contributed by atoms with Crippen molar-refractivity contribution in [3.8, 4) is 11.5 Å². The van der Waals surface area contributed by atoms with Gasteiger partial charge in [0.15, 0.2) is 0 Å². The maximum absolute atomic E-state index is 12.8. The van der Waals surface area contributed by atoms with E-state index in [1.54, 1.807) is 18.2 Å². The molecule has 2 aromatic rings. The summed E-state index contributed by atoms with van der Waals surface area (Å²) in [7, 11) is 3.04. The van der Waals surface area contributed by atoms with Crippen LogP contribution in [0.1, 0.15) is 11.1 Å². The van der Waals surface area contributed by atoms with Crippen LogP contribution < -0.4 is 20.3 Å². The summed E-state index contributed by atoms with van der Waals surface area (Å²) in [5.74, 6) is -0.0289. The molecule has 0 aliphatic rings. The summed E-state index contributed by atoms with van der Waals surface area (Å²) in [5, 5.41) is 0. The van der Waals surface area contributed by atoms with Crippen molar-refractivity contribution in [2.24, 2.45) is 0 Å². The van der Waals surface area contributed by atoms with E-state index in [4.69, 9.17) is 9.47 Å². The van der Waals surface area contributed by atoms with E-state index in [0.29, 0.717) is 22.6 Å². The lowest BCUT2D eigenvalue weighted by molar-refractivity contribution is -0.128. The second kappa shape index (κ2) is 8.68. The molecule has 0 unspecified atom stereocenters. The Labute approximate surface area is 144 Å². The zero-order chi connectivity index (χ0) is 18.2. The predicted octanol–water partition coefficient (Wildman–Crippen LogP) is 1.78. The summed E-state index contributed by atoms with van der Waals surface area (Å²) in [5.41, 5.74) is 5.94. The highest BCUT2D eigenvalue weighted by molar-refractivity contribution is 5.84. The van der Waals surface area contributed by atoms with Gasteiger partial charge >= 0.3 is 0 Å². The Morgan fingerprint density at radius 3 is 2.16 bits per heavy atom. The van der Waals surface area contributed by atoms with Gasteiger partial charge in [0.25, 0.3) is 0 Å². The first kappa shape index (κ1) is 18.3. The van der Waals surface area contributed by atoms with Crippen LogP contribution in [0.25, 0.3) is 0 Å². The lowest BCUT2D eigenvalue weighted by Gasteiger charge is -2.11. The molecule has 0 spiro atoms. The molecule has 0 heterocycles. The number of amides is 2. The van der Waals surface area contributed by atoms with Gasteiger partial charge in [0.2, 0.25) is 11.8 Å². The average molecular weight is 346 g/mol. The molecule has 2 amide bonds. The van der Waals surface area contributed by atoms with E-state index in [0.717, 1.165) is 0 Å². The molecule has 2 aromatic carbocycles. The molecule has 0 atom stereocenters. The summed E-state index contributed by atoms with van der Waals surface area (Å²) in [4.78, 5) is 23.8. The number of benzene rings is 2. The molecular formula is C18H19FN2O4. The Morgan fingerprint density at radius 2 is 1.56 bits per heavy atom. The highest BCUT2D eigenvalue weighted by atomic mass is 19.1. The molecule has 0 aliphatic carbocycles. The lowest BCUT2D eigenvalue weighted by atomic mass is 10.1. The second-order valence-electron chi connectivity index (χ2n) is 5.25. The molecule has 7 heteroatoms. The van der Waals surface area contributed by atoms with Crippen LogP contribution in [0.4, 0.5) is 4.39 Å². The van der Waals surface area contributed by atoms with E-state index in [-0.39, 0.29) is 18.7 Å². The van der Waals surface area contributed by atoms with Crippen LogP contribution in [0.3, 0.4) is 0 Å². The van der Waals surface area contributed by atoms with Crippen LogP contribution in [0.2, 0.25) is 0 Å². The van der Waals surface area contributed by atoms with Crippen molar-refractivity contribution in [3.63, 3.8) is 0 Å². The number of hydrogen-bond acceptors (Lipinski definition) is 4. The van der Waals surface area contributed by atoms with Gasteiger partial charge in [-0.25, -0.2) is 4.39 Å². The molecule has 0 aliphatic heterocycles. The summed E-state index contributed by atoms with van der Waals surface area (Å²) >= 11 is 0. The molecule has 25 heavy (non-hydrogen) atoms. The van der Waals surface area contributed by atoms with Crippen molar-refractivity contribution >= 4 is 11.8 Å². The Hall–Kier alpha value is -3.09. The van der Waals surface area contributed by atoms with E-state index < -0.39 is 11.8 Å². The number of rotatable bonds is 6. The van der Waals surface area contributed by atoms with Gasteiger partial charge in [-0.05, 0) is 35.9 Å². The normalized spacial score (nSPS) is 10.0. The number of halogens is 1. The number of hydrogen-bond donors (Lipinski definition) is 2. The van der Waals surface area contributed by atoms with Crippen LogP contribution in [-0.2, 0) is 22.4 Å². The van der Waals surface area contributed by atoms with Gasteiger partial charge in [-0.2, -0.15) is 0 Å². The number of hydrazine groups is 1. The monoisotopic (exact) mass is 346 g/mol. The van der Waals surface area contributed by atoms with Crippen molar-refractivity contribution in [2.45, 2.75) is 12.8 Å². The third-order valence-electron chi connectivity index (χ3n) is 3.46. The average Bonchev–Trinajstić information content (AvgIpc) is 2.62. The molecule has 6 nitrogen and oxygen atoms in total. The summed E-state index contributed by atoms with van der Waals surface area (Å²) in [6.45, 7) is 0. The maximum Gasteiger partial charge on any atom is 0.242 e. The van der Waals surface area contributed by atoms with Gasteiger partial charge in [-0.1, -0.05) is 12.1 Å². The summed E-state index contributed by atoms with van der Waals surface area (Å²) in [6, 6.07) is 10.7. The van der Waals surface area contributed by atoms with E-state index in [2.05, 4.69) is 10.9 Å². The molecule has 0 aromatic heterocycles. The number of nitrogens with one attached hydrogen (secondary N) is 2. The topological polar surface area (TPSA) is 76.7 Å². The van der Waals surface area contributed by atoms with Gasteiger partial charge in [0.05, 0.1) is 27.1 Å². The Kier molecular flexibility index (Phi) is 6.33. The van der Waals surface area contributed by atoms with Crippen molar-refractivity contribution in [1.29, 1.82) is 0 Å². The fourth-order valence-electron chi connectivity index (χ4n) is 2.21. The molecule has 0 radical (unpaired) electrons. The quantitative estimate of drug-likeness (QED) is 0.782. The molecule has 0 saturated heterocycles. The SMILES string of the molecule is COc1ccc(OC)c(CC(=O)NNC(=O)Cc2ccc(F)cc2)c1. The molecule has 132 valence electrons. The van der Waals surface area contributed by atoms with Crippen molar-refractivity contribution in [2.75, 3.05) is 14.2 Å². The standard InChI is InChI=1S/C18H19FN2O4/c1-24-15-7-8-16(25-2)13(10-15)11-18(23)21-20-17(22)9-12-3-5-14(19)6-4-12/h3-8,10H,9,11H2,1-2H3,(H,20,22)(H,21,23). The Balaban J connectivity index is 1.88. The fourth-order valence-corrected chi connectivity index (χ4v) is 2.21. The number of carbonyl (C=O) groups is 2. The first-order valence-corrected chi connectivity index (χ1v) is 7.55. The number of methoxy groups -OCH3 is 2. The minimum Gasteiger partial charge on any atom is -0.497 e. The number of carbonyl (C=O) groups excluding carboxylic acids is 2. The molecular weight excluding hydrogens is 327 g/mol. The summed E-state index contributed by atoms with van der Waals surface area (Å²) in [6.07, 6.45) is 0.0419. The molecule has 0 fully saturated rings. The third kappa shape index (κ3) is 5.49. The van der Waals surface area contributed by atoms with Crippen LogP contribution in [0, 0.1) is 5.82 Å². The van der Waals surface area contributed by atoms with E-state index >= 15 is 0 Å². The van der Waals surface area contributed by atoms with E-state index in [1.807, 2.05) is 0 Å². The van der Waals surface area contributed by atoms with Crippen LogP contribution in [0.15, 0.2) is 42.5 Å². The predicted molar refractivity (Wildman–Crippen MR) is 89.6 cm³/mol. The number of ether oxygens (including phenoxy) is 2. The molecule has 2 N–H and O–H groups in total. The van der Waals surface area contributed by atoms with Crippen LogP contribution in [0.5, 0.6) is 11.5 Å². The largest absolute Gasteiger partial charge is 0.497 e. The van der Waals surface area contributed by atoms with Crippen LogP contribution >= 0.6 is 0 Å². The van der Waals surface area contributed by atoms with E-state index in [1.165, 1.54) is 38.5 Å². The first-order valence-electron chi connectivity index (χ1n) is 7.55. The zero-order valence-electron chi connectivity index (χ0n) is 14.0. The third-order valence-corrected chi connectivity index (χ3v) is 3.46. The highest BCUT2D eigenvalue weighted by Gasteiger charge is 2.11. The van der Waals surface area contributed by atoms with Crippen LogP contribution in [-0.4, -0.2) is 26.0 Å². The first-order chi connectivity index (χ1) is 12.0. The van der Waals surface area contributed by atoms with Gasteiger partial charge in [-0.3, -0.25) is 20.4 Å². The van der Waals surface area contributed by atoms with Crippen molar-refractivity contribution < 1.29 is 23.5 Å². The highest BCUT2D eigenvalue weighted by Crippen LogP contribution is 2.24. The van der Waals surface area contributed by atoms with Gasteiger partial charge < -0.3 is 9.47 Å². The maximum atomic E-state index is 12.8. The van der Waals surface area contributed by atoms with Gasteiger partial charge in [0, 0.05) is 5.56 Å². The lowest BCUT2D eigenvalue weighted by Crippen LogP contribution is -2.43. The molecule has 0 saturated carbocycles. The second-order valence-corrected chi connectivity index (χ2v) is 5.25. The molecule has 2 rings (SSSR count). The Morgan fingerprint density at radius 1 is 0.920 bits per heavy atom. The van der Waals surface area contributed by atoms with Crippen molar-refractivity contribution in [3.05, 3.63) is 59.4 Å².